The molecule has 0 saturated heterocycles. The normalized spacial score (nSPS) is 10.7. The molecule has 0 aliphatic carbocycles. The van der Waals surface area contributed by atoms with Gasteiger partial charge in [-0.25, -0.2) is 4.39 Å². The lowest BCUT2D eigenvalue weighted by molar-refractivity contribution is 0.626. The fourth-order valence-corrected chi connectivity index (χ4v) is 2.35. The number of hydrogen-bond acceptors (Lipinski definition) is 2. The first kappa shape index (κ1) is 14.1. The Balaban J connectivity index is 2.44. The molecule has 1 heterocycles. The summed E-state index contributed by atoms with van der Waals surface area (Å²) in [5.74, 6) is -0.484. The van der Waals surface area contributed by atoms with Crippen molar-refractivity contribution in [1.29, 1.82) is 0 Å². The Hall–Kier alpha value is -1.33. The van der Waals surface area contributed by atoms with E-state index in [1.807, 2.05) is 0 Å². The van der Waals surface area contributed by atoms with Crippen LogP contribution in [0.5, 0.6) is 0 Å². The average Bonchev–Trinajstić information content (AvgIpc) is 2.38. The third-order valence-electron chi connectivity index (χ3n) is 2.84. The van der Waals surface area contributed by atoms with Crippen molar-refractivity contribution in [3.63, 3.8) is 0 Å². The molecule has 3 nitrogen and oxygen atoms in total. The summed E-state index contributed by atoms with van der Waals surface area (Å²) in [6, 6.07) is 4.35. The summed E-state index contributed by atoms with van der Waals surface area (Å²) in [6.07, 6.45) is 1.57. The molecular weight excluding hydrogens is 335 g/mol. The molecule has 1 aromatic carbocycles. The molecule has 100 valence electrons. The predicted molar refractivity (Wildman–Crippen MR) is 78.1 cm³/mol. The standard InChI is InChI=1S/C13H11BrClFN2O/c1-7-11(17)6-18(13(19)12(7)14)5-8-2-3-10(16)9(15)4-8/h2-4,6H,5,17H2,1H3. The second kappa shape index (κ2) is 5.35. The minimum Gasteiger partial charge on any atom is -0.397 e. The van der Waals surface area contributed by atoms with Crippen molar-refractivity contribution in [1.82, 2.24) is 4.57 Å². The zero-order chi connectivity index (χ0) is 14.2. The molecule has 0 bridgehead atoms. The molecule has 1 aromatic heterocycles. The van der Waals surface area contributed by atoms with Gasteiger partial charge in [-0.1, -0.05) is 17.7 Å². The average molecular weight is 346 g/mol. The summed E-state index contributed by atoms with van der Waals surface area (Å²) in [6.45, 7) is 2.04. The molecule has 0 atom stereocenters. The van der Waals surface area contributed by atoms with Crippen LogP contribution in [-0.2, 0) is 6.54 Å². The van der Waals surface area contributed by atoms with Crippen molar-refractivity contribution in [2.45, 2.75) is 13.5 Å². The van der Waals surface area contributed by atoms with Crippen LogP contribution in [0.3, 0.4) is 0 Å². The monoisotopic (exact) mass is 344 g/mol. The molecule has 6 heteroatoms. The smallest absolute Gasteiger partial charge is 0.265 e. The highest BCUT2D eigenvalue weighted by Gasteiger charge is 2.09. The molecule has 0 unspecified atom stereocenters. The first-order chi connectivity index (χ1) is 8.90. The maximum absolute atomic E-state index is 13.1. The molecule has 19 heavy (non-hydrogen) atoms. The summed E-state index contributed by atoms with van der Waals surface area (Å²) >= 11 is 8.93. The Morgan fingerprint density at radius 3 is 2.79 bits per heavy atom. The number of nitrogens with two attached hydrogens (primary N) is 1. The molecule has 2 rings (SSSR count). The SMILES string of the molecule is Cc1c(N)cn(Cc2ccc(F)c(Cl)c2)c(=O)c1Br. The van der Waals surface area contributed by atoms with Crippen molar-refractivity contribution >= 4 is 33.2 Å². The topological polar surface area (TPSA) is 48.0 Å². The Labute approximate surface area is 122 Å². The van der Waals surface area contributed by atoms with Gasteiger partial charge in [0.05, 0.1) is 21.7 Å². The number of pyridine rings is 1. The van der Waals surface area contributed by atoms with E-state index in [1.54, 1.807) is 19.2 Å². The van der Waals surface area contributed by atoms with Crippen LogP contribution in [0.25, 0.3) is 0 Å². The third-order valence-corrected chi connectivity index (χ3v) is 4.07. The van der Waals surface area contributed by atoms with Gasteiger partial charge in [-0.2, -0.15) is 0 Å². The van der Waals surface area contributed by atoms with Gasteiger partial charge in [0.25, 0.3) is 5.56 Å². The lowest BCUT2D eigenvalue weighted by Crippen LogP contribution is -2.22. The summed E-state index contributed by atoms with van der Waals surface area (Å²) in [5, 5.41) is 0.0321. The first-order valence-corrected chi connectivity index (χ1v) is 6.66. The summed E-state index contributed by atoms with van der Waals surface area (Å²) in [4.78, 5) is 12.1. The molecule has 0 amide bonds. The number of anilines is 1. The van der Waals surface area contributed by atoms with E-state index in [1.165, 1.54) is 16.7 Å². The molecule has 2 aromatic rings. The number of benzene rings is 1. The highest BCUT2D eigenvalue weighted by molar-refractivity contribution is 9.10. The second-order valence-corrected chi connectivity index (χ2v) is 5.41. The number of rotatable bonds is 2. The Kier molecular flexibility index (Phi) is 3.96. The fraction of sp³-hybridized carbons (Fsp3) is 0.154. The van der Waals surface area contributed by atoms with Crippen molar-refractivity contribution in [3.05, 3.63) is 61.2 Å². The van der Waals surface area contributed by atoms with E-state index in [0.29, 0.717) is 15.7 Å². The van der Waals surface area contributed by atoms with Crippen molar-refractivity contribution < 1.29 is 4.39 Å². The van der Waals surface area contributed by atoms with E-state index in [2.05, 4.69) is 15.9 Å². The van der Waals surface area contributed by atoms with Crippen molar-refractivity contribution in [3.8, 4) is 0 Å². The van der Waals surface area contributed by atoms with Gasteiger partial charge in [0.2, 0.25) is 0 Å². The summed E-state index contributed by atoms with van der Waals surface area (Å²) < 4.78 is 15.0. The number of nitrogen functional groups attached to an aromatic ring is 1. The highest BCUT2D eigenvalue weighted by Crippen LogP contribution is 2.19. The van der Waals surface area contributed by atoms with Crippen LogP contribution in [0, 0.1) is 12.7 Å². The predicted octanol–water partition coefficient (Wildman–Crippen LogP) is 3.34. The van der Waals surface area contributed by atoms with Gasteiger partial charge in [0.15, 0.2) is 0 Å². The quantitative estimate of drug-likeness (QED) is 0.907. The third kappa shape index (κ3) is 2.82. The maximum Gasteiger partial charge on any atom is 0.265 e. The van der Waals surface area contributed by atoms with Crippen LogP contribution in [0.4, 0.5) is 10.1 Å². The first-order valence-electron chi connectivity index (χ1n) is 5.49. The van der Waals surface area contributed by atoms with E-state index in [4.69, 9.17) is 17.3 Å². The van der Waals surface area contributed by atoms with Gasteiger partial charge in [0.1, 0.15) is 5.82 Å². The van der Waals surface area contributed by atoms with Gasteiger partial charge >= 0.3 is 0 Å². The Morgan fingerprint density at radius 2 is 2.16 bits per heavy atom. The second-order valence-electron chi connectivity index (χ2n) is 4.20. The largest absolute Gasteiger partial charge is 0.397 e. The van der Waals surface area contributed by atoms with Crippen LogP contribution < -0.4 is 11.3 Å². The lowest BCUT2D eigenvalue weighted by atomic mass is 10.2. The molecule has 2 N–H and O–H groups in total. The van der Waals surface area contributed by atoms with E-state index in [9.17, 15) is 9.18 Å². The van der Waals surface area contributed by atoms with Gasteiger partial charge < -0.3 is 10.3 Å². The van der Waals surface area contributed by atoms with Gasteiger partial charge in [0, 0.05) is 6.20 Å². The molecule has 0 saturated carbocycles. The minimum absolute atomic E-state index is 0.0321. The zero-order valence-corrected chi connectivity index (χ0v) is 12.4. The summed E-state index contributed by atoms with van der Waals surface area (Å²) in [7, 11) is 0. The van der Waals surface area contributed by atoms with Gasteiger partial charge in [-0.3, -0.25) is 4.79 Å². The molecular formula is C13H11BrClFN2O. The Morgan fingerprint density at radius 1 is 1.47 bits per heavy atom. The molecule has 0 aliphatic rings. The van der Waals surface area contributed by atoms with Crippen molar-refractivity contribution in [2.24, 2.45) is 0 Å². The van der Waals surface area contributed by atoms with E-state index >= 15 is 0 Å². The van der Waals surface area contributed by atoms with E-state index < -0.39 is 5.82 Å². The minimum atomic E-state index is -0.484. The van der Waals surface area contributed by atoms with Crippen LogP contribution >= 0.6 is 27.5 Å². The van der Waals surface area contributed by atoms with E-state index in [-0.39, 0.29) is 17.1 Å². The molecule has 0 radical (unpaired) electrons. The fourth-order valence-electron chi connectivity index (χ4n) is 1.69. The molecule has 0 spiro atoms. The number of halogens is 3. The van der Waals surface area contributed by atoms with E-state index in [0.717, 1.165) is 5.56 Å². The van der Waals surface area contributed by atoms with Crippen LogP contribution in [-0.4, -0.2) is 4.57 Å². The maximum atomic E-state index is 13.1. The number of hydrogen-bond donors (Lipinski definition) is 1. The van der Waals surface area contributed by atoms with Crippen LogP contribution in [0.15, 0.2) is 33.7 Å². The van der Waals surface area contributed by atoms with Crippen LogP contribution in [0.1, 0.15) is 11.1 Å². The Bertz CT molecular complexity index is 700. The molecule has 0 fully saturated rings. The number of nitrogens with zero attached hydrogens (tertiary/aromatic N) is 1. The summed E-state index contributed by atoms with van der Waals surface area (Å²) in [5.41, 5.74) is 7.58. The highest BCUT2D eigenvalue weighted by atomic mass is 79.9. The molecule has 0 aliphatic heterocycles. The lowest BCUT2D eigenvalue weighted by Gasteiger charge is -2.11. The van der Waals surface area contributed by atoms with Crippen molar-refractivity contribution in [2.75, 3.05) is 5.73 Å². The number of aromatic nitrogens is 1. The van der Waals surface area contributed by atoms with Gasteiger partial charge in [-0.15, -0.1) is 0 Å². The zero-order valence-electron chi connectivity index (χ0n) is 10.1. The van der Waals surface area contributed by atoms with Gasteiger partial charge in [-0.05, 0) is 46.1 Å². The van der Waals surface area contributed by atoms with Crippen LogP contribution in [0.2, 0.25) is 5.02 Å².